The number of rotatable bonds is 22. The Labute approximate surface area is 413 Å². The molecule has 0 unspecified atom stereocenters. The molecule has 0 saturated carbocycles. The van der Waals surface area contributed by atoms with E-state index < -0.39 is 11.6 Å². The number of halogens is 4. The first-order valence-electron chi connectivity index (χ1n) is 23.4. The van der Waals surface area contributed by atoms with Crippen molar-refractivity contribution < 1.29 is 19.0 Å². The molecule has 1 heterocycles. The Kier molecular flexibility index (Phi) is 18.0. The van der Waals surface area contributed by atoms with Crippen LogP contribution in [0.15, 0.2) is 97.1 Å². The third-order valence-corrected chi connectivity index (χ3v) is 14.3. The number of unbranched alkanes of at least 4 members (excludes halogenated alkanes) is 4. The summed E-state index contributed by atoms with van der Waals surface area (Å²) in [5.74, 6) is 0.745. The Balaban J connectivity index is 1.70. The maximum atomic E-state index is 14.5. The lowest BCUT2D eigenvalue weighted by Crippen LogP contribution is -2.26. The highest BCUT2D eigenvalue weighted by Gasteiger charge is 2.48. The topological polar surface area (TPSA) is 51.2 Å². The Bertz CT molecular complexity index is 2390. The van der Waals surface area contributed by atoms with Gasteiger partial charge < -0.3 is 24.0 Å². The Morgan fingerprint density at radius 2 is 0.939 bits per heavy atom. The highest BCUT2D eigenvalue weighted by atomic mass is 35.5. The van der Waals surface area contributed by atoms with Gasteiger partial charge in [-0.05, 0) is 145 Å². The number of ether oxygens (including phenoxy) is 3. The van der Waals surface area contributed by atoms with Crippen LogP contribution in [0, 0.1) is 13.8 Å². The largest absolute Gasteiger partial charge is 0.497 e. The highest BCUT2D eigenvalue weighted by Crippen LogP contribution is 2.54. The molecule has 0 fully saturated rings. The number of esters is 1. The SMILES string of the molecule is CCCCN(CCCC)c1ccc(C(=CC2(C=C(c3ccc(OC)cc3)c3ccc(N(CCCC)CCCC)cc3C)OC(=O)c3c(Cl)c(Cl)c(Cl)c(Cl)c32)c2ccc(OC)cc2)c(C)c1. The van der Waals surface area contributed by atoms with Crippen LogP contribution in [0.1, 0.15) is 128 Å². The van der Waals surface area contributed by atoms with E-state index in [9.17, 15) is 4.79 Å². The van der Waals surface area contributed by atoms with E-state index >= 15 is 0 Å². The Morgan fingerprint density at radius 3 is 1.29 bits per heavy atom. The van der Waals surface area contributed by atoms with Crippen molar-refractivity contribution in [1.29, 1.82) is 0 Å². The minimum atomic E-state index is -1.66. The van der Waals surface area contributed by atoms with Crippen molar-refractivity contribution in [3.05, 3.63) is 162 Å². The van der Waals surface area contributed by atoms with Gasteiger partial charge in [-0.3, -0.25) is 0 Å². The van der Waals surface area contributed by atoms with Crippen LogP contribution < -0.4 is 19.3 Å². The second-order valence-corrected chi connectivity index (χ2v) is 18.7. The van der Waals surface area contributed by atoms with E-state index in [1.807, 2.05) is 60.7 Å². The fourth-order valence-electron chi connectivity index (χ4n) is 8.72. The molecule has 6 nitrogen and oxygen atoms in total. The maximum absolute atomic E-state index is 14.5. The number of benzene rings is 5. The van der Waals surface area contributed by atoms with Gasteiger partial charge in [0.2, 0.25) is 0 Å². The van der Waals surface area contributed by atoms with E-state index in [1.165, 1.54) is 11.4 Å². The number of fused-ring (bicyclic) bond motifs is 1. The van der Waals surface area contributed by atoms with Gasteiger partial charge in [0.25, 0.3) is 0 Å². The lowest BCUT2D eigenvalue weighted by molar-refractivity contribution is 0.0300. The van der Waals surface area contributed by atoms with E-state index in [0.29, 0.717) is 17.1 Å². The summed E-state index contributed by atoms with van der Waals surface area (Å²) in [6.07, 6.45) is 12.8. The van der Waals surface area contributed by atoms with Crippen molar-refractivity contribution in [3.8, 4) is 11.5 Å². The summed E-state index contributed by atoms with van der Waals surface area (Å²) in [6.45, 7) is 17.1. The number of cyclic esters (lactones) is 1. The molecule has 0 radical (unpaired) electrons. The van der Waals surface area contributed by atoms with Crippen molar-refractivity contribution in [2.75, 3.05) is 50.2 Å². The van der Waals surface area contributed by atoms with Gasteiger partial charge in [-0.25, -0.2) is 4.79 Å². The maximum Gasteiger partial charge on any atom is 0.341 e. The molecule has 1 aliphatic rings. The van der Waals surface area contributed by atoms with Crippen LogP contribution in [0.5, 0.6) is 11.5 Å². The van der Waals surface area contributed by atoms with Gasteiger partial charge in [0.15, 0.2) is 5.60 Å². The van der Waals surface area contributed by atoms with Crippen LogP contribution in [0.4, 0.5) is 11.4 Å². The molecule has 5 aromatic rings. The molecule has 0 amide bonds. The van der Waals surface area contributed by atoms with Crippen LogP contribution in [0.2, 0.25) is 20.1 Å². The molecule has 1 aliphatic heterocycles. The number of methoxy groups -OCH3 is 2. The summed E-state index contributed by atoms with van der Waals surface area (Å²) < 4.78 is 18.0. The predicted molar refractivity (Wildman–Crippen MR) is 280 cm³/mol. The lowest BCUT2D eigenvalue weighted by Gasteiger charge is -2.29. The normalized spacial score (nSPS) is 14.9. The van der Waals surface area contributed by atoms with Gasteiger partial charge in [-0.1, -0.05) is 136 Å². The Morgan fingerprint density at radius 1 is 0.561 bits per heavy atom. The highest BCUT2D eigenvalue weighted by molar-refractivity contribution is 6.53. The molecule has 6 rings (SSSR count). The second kappa shape index (κ2) is 23.4. The van der Waals surface area contributed by atoms with E-state index in [2.05, 4.69) is 87.7 Å². The first kappa shape index (κ1) is 50.8. The third kappa shape index (κ3) is 11.2. The molecule has 0 spiro atoms. The number of carbonyl (C=O) groups excluding carboxylic acids is 1. The summed E-state index contributed by atoms with van der Waals surface area (Å²) >= 11 is 28.0. The monoisotopic (exact) mass is 968 g/mol. The molecule has 0 N–H and O–H groups in total. The van der Waals surface area contributed by atoms with Gasteiger partial charge in [0.1, 0.15) is 11.5 Å². The lowest BCUT2D eigenvalue weighted by atomic mass is 9.81. The van der Waals surface area contributed by atoms with Gasteiger partial charge in [-0.2, -0.15) is 0 Å². The number of hydrogen-bond donors (Lipinski definition) is 0. The van der Waals surface area contributed by atoms with Crippen LogP contribution in [-0.4, -0.2) is 46.4 Å². The summed E-state index contributed by atoms with van der Waals surface area (Å²) in [6, 6.07) is 29.0. The van der Waals surface area contributed by atoms with Crippen LogP contribution in [-0.2, 0) is 10.3 Å². The fourth-order valence-corrected chi connectivity index (χ4v) is 9.80. The van der Waals surface area contributed by atoms with Crippen molar-refractivity contribution in [2.24, 2.45) is 0 Å². The average Bonchev–Trinajstić information content (AvgIpc) is 3.62. The number of anilines is 2. The summed E-state index contributed by atoms with van der Waals surface area (Å²) in [5.41, 5.74) is 8.36. The number of hydrogen-bond acceptors (Lipinski definition) is 6. The standard InChI is InChI=1S/C56H64Cl4N2O4/c1-9-13-29-61(30-14-10-2)41-21-27-45(37(5)33-41)47(39-17-23-43(64-7)24-18-39)35-56(50-49(55(63)66-56)51(57)53(59)54(60)52(50)58)36-48(40-19-25-44(65-8)26-20-40)46-28-22-42(34-38(46)6)62(31-15-11-3)32-16-12-4/h17-28,33-36H,9-16,29-32H2,1-8H3. The molecule has 0 aromatic heterocycles. The zero-order valence-electron chi connectivity index (χ0n) is 39.8. The van der Waals surface area contributed by atoms with Gasteiger partial charge in [0.05, 0.1) is 39.9 Å². The van der Waals surface area contributed by atoms with E-state index in [1.54, 1.807) is 14.2 Å². The van der Waals surface area contributed by atoms with Gasteiger partial charge in [-0.15, -0.1) is 0 Å². The summed E-state index contributed by atoms with van der Waals surface area (Å²) in [4.78, 5) is 19.5. The van der Waals surface area contributed by atoms with Crippen LogP contribution in [0.25, 0.3) is 11.1 Å². The minimum Gasteiger partial charge on any atom is -0.497 e. The quantitative estimate of drug-likeness (QED) is 0.0391. The zero-order chi connectivity index (χ0) is 47.5. The zero-order valence-corrected chi connectivity index (χ0v) is 42.8. The first-order valence-corrected chi connectivity index (χ1v) is 24.9. The molecule has 10 heteroatoms. The molecular weight excluding hydrogens is 906 g/mol. The average molecular weight is 971 g/mol. The second-order valence-electron chi connectivity index (χ2n) is 17.1. The Hall–Kier alpha value is -4.59. The van der Waals surface area contributed by atoms with Crippen molar-refractivity contribution >= 4 is 74.9 Å². The van der Waals surface area contributed by atoms with Crippen molar-refractivity contribution in [1.82, 2.24) is 0 Å². The summed E-state index contributed by atoms with van der Waals surface area (Å²) in [7, 11) is 3.30. The van der Waals surface area contributed by atoms with E-state index in [-0.39, 0.29) is 25.7 Å². The third-order valence-electron chi connectivity index (χ3n) is 12.5. The van der Waals surface area contributed by atoms with E-state index in [4.69, 9.17) is 60.6 Å². The molecule has 5 aromatic carbocycles. The molecule has 0 atom stereocenters. The summed E-state index contributed by atoms with van der Waals surface area (Å²) in [5, 5.41) is 0.0685. The molecule has 0 saturated heterocycles. The molecular formula is C56H64Cl4N2O4. The first-order chi connectivity index (χ1) is 31.8. The van der Waals surface area contributed by atoms with Gasteiger partial charge in [0, 0.05) is 43.1 Å². The molecule has 66 heavy (non-hydrogen) atoms. The molecule has 0 bridgehead atoms. The number of aryl methyl sites for hydroxylation is 2. The molecule has 0 aliphatic carbocycles. The molecule has 350 valence electrons. The van der Waals surface area contributed by atoms with Crippen molar-refractivity contribution in [3.63, 3.8) is 0 Å². The number of nitrogens with zero attached hydrogens (tertiary/aromatic N) is 2. The van der Waals surface area contributed by atoms with Crippen LogP contribution in [0.3, 0.4) is 0 Å². The predicted octanol–water partition coefficient (Wildman–Crippen LogP) is 16.4. The van der Waals surface area contributed by atoms with Crippen LogP contribution >= 0.6 is 46.4 Å². The van der Waals surface area contributed by atoms with E-state index in [0.717, 1.165) is 122 Å². The van der Waals surface area contributed by atoms with Gasteiger partial charge >= 0.3 is 5.97 Å². The smallest absolute Gasteiger partial charge is 0.341 e. The number of carbonyl (C=O) groups is 1. The fraction of sp³-hybridized carbons (Fsp3) is 0.375. The van der Waals surface area contributed by atoms with Crippen molar-refractivity contribution in [2.45, 2.75) is 98.5 Å². The minimum absolute atomic E-state index is 0.0159.